The lowest BCUT2D eigenvalue weighted by atomic mass is 10.2. The summed E-state index contributed by atoms with van der Waals surface area (Å²) < 4.78 is 5.57. The van der Waals surface area contributed by atoms with E-state index in [2.05, 4.69) is 15.0 Å². The first-order valence-electron chi connectivity index (χ1n) is 5.41. The highest BCUT2D eigenvalue weighted by Gasteiger charge is 2.01. The van der Waals surface area contributed by atoms with E-state index in [1.54, 1.807) is 6.20 Å². The van der Waals surface area contributed by atoms with Gasteiger partial charge in [0, 0.05) is 17.6 Å². The van der Waals surface area contributed by atoms with Crippen LogP contribution in [-0.2, 0) is 0 Å². The van der Waals surface area contributed by atoms with Crippen LogP contribution in [0.1, 0.15) is 0 Å². The highest BCUT2D eigenvalue weighted by atomic mass is 16.5. The van der Waals surface area contributed by atoms with Gasteiger partial charge in [-0.25, -0.2) is 9.97 Å². The first kappa shape index (κ1) is 10.5. The number of nitrogen functional groups attached to an aromatic ring is 1. The average molecular weight is 238 g/mol. The van der Waals surface area contributed by atoms with Crippen molar-refractivity contribution in [1.82, 2.24) is 15.0 Å². The van der Waals surface area contributed by atoms with Crippen LogP contribution in [0.2, 0.25) is 0 Å². The predicted octanol–water partition coefficient (Wildman–Crippen LogP) is 2.40. The first-order chi connectivity index (χ1) is 8.81. The number of rotatable bonds is 2. The average Bonchev–Trinajstić information content (AvgIpc) is 2.41. The Bertz CT molecular complexity index is 682. The zero-order valence-electron chi connectivity index (χ0n) is 9.45. The van der Waals surface area contributed by atoms with E-state index in [9.17, 15) is 0 Å². The van der Waals surface area contributed by atoms with E-state index in [1.807, 2.05) is 30.3 Å². The quantitative estimate of drug-likeness (QED) is 0.742. The van der Waals surface area contributed by atoms with Gasteiger partial charge in [-0.2, -0.15) is 0 Å². The van der Waals surface area contributed by atoms with Gasteiger partial charge in [0.15, 0.2) is 0 Å². The number of ether oxygens (including phenoxy) is 1. The zero-order chi connectivity index (χ0) is 12.4. The van der Waals surface area contributed by atoms with Crippen LogP contribution in [0.15, 0.2) is 48.9 Å². The van der Waals surface area contributed by atoms with Crippen LogP contribution in [0.5, 0.6) is 11.6 Å². The molecule has 0 bridgehead atoms. The minimum absolute atomic E-state index is 0.363. The van der Waals surface area contributed by atoms with Gasteiger partial charge >= 0.3 is 0 Å². The van der Waals surface area contributed by atoms with Gasteiger partial charge in [0.25, 0.3) is 0 Å². The molecule has 0 aliphatic carbocycles. The Labute approximate surface area is 103 Å². The molecule has 0 aliphatic heterocycles. The first-order valence-corrected chi connectivity index (χ1v) is 5.41. The van der Waals surface area contributed by atoms with Crippen molar-refractivity contribution in [1.29, 1.82) is 0 Å². The number of hydrogen-bond acceptors (Lipinski definition) is 5. The normalized spacial score (nSPS) is 10.4. The molecular formula is C13H10N4O. The van der Waals surface area contributed by atoms with Crippen molar-refractivity contribution in [3.05, 3.63) is 48.9 Å². The van der Waals surface area contributed by atoms with Crippen molar-refractivity contribution in [2.24, 2.45) is 0 Å². The number of benzene rings is 1. The number of fused-ring (bicyclic) bond motifs is 1. The summed E-state index contributed by atoms with van der Waals surface area (Å²) in [6, 6.07) is 9.56. The molecule has 0 radical (unpaired) electrons. The van der Waals surface area contributed by atoms with E-state index in [-0.39, 0.29) is 0 Å². The highest BCUT2D eigenvalue weighted by Crippen LogP contribution is 2.22. The molecule has 2 aromatic heterocycles. The van der Waals surface area contributed by atoms with Crippen LogP contribution in [0.25, 0.3) is 10.9 Å². The fourth-order valence-electron chi connectivity index (χ4n) is 1.61. The Morgan fingerprint density at radius 3 is 2.78 bits per heavy atom. The topological polar surface area (TPSA) is 73.9 Å². The van der Waals surface area contributed by atoms with Crippen LogP contribution in [0, 0.1) is 0 Å². The SMILES string of the molecule is Nc1cnc(Oc2ccc3cccnc3c2)cn1. The smallest absolute Gasteiger partial charge is 0.237 e. The molecule has 3 aromatic rings. The van der Waals surface area contributed by atoms with Crippen LogP contribution in [0.4, 0.5) is 5.82 Å². The fraction of sp³-hybridized carbons (Fsp3) is 0. The maximum atomic E-state index is 5.57. The van der Waals surface area contributed by atoms with E-state index in [1.165, 1.54) is 12.4 Å². The summed E-state index contributed by atoms with van der Waals surface area (Å²) in [5, 5.41) is 1.06. The maximum absolute atomic E-state index is 5.57. The highest BCUT2D eigenvalue weighted by molar-refractivity contribution is 5.79. The van der Waals surface area contributed by atoms with Crippen LogP contribution >= 0.6 is 0 Å². The second-order valence-electron chi connectivity index (χ2n) is 3.74. The number of pyridine rings is 1. The summed E-state index contributed by atoms with van der Waals surface area (Å²) in [5.41, 5.74) is 6.33. The van der Waals surface area contributed by atoms with Gasteiger partial charge in [0.1, 0.15) is 11.6 Å². The molecule has 0 spiro atoms. The third kappa shape index (κ3) is 2.06. The number of hydrogen-bond donors (Lipinski definition) is 1. The second kappa shape index (κ2) is 4.29. The molecule has 5 heteroatoms. The molecule has 0 atom stereocenters. The Kier molecular flexibility index (Phi) is 2.49. The lowest BCUT2D eigenvalue weighted by Crippen LogP contribution is -1.93. The molecule has 0 aliphatic rings. The molecule has 5 nitrogen and oxygen atoms in total. The zero-order valence-corrected chi connectivity index (χ0v) is 9.45. The summed E-state index contributed by atoms with van der Waals surface area (Å²) in [5.74, 6) is 1.43. The van der Waals surface area contributed by atoms with Gasteiger partial charge in [-0.3, -0.25) is 4.98 Å². The summed E-state index contributed by atoms with van der Waals surface area (Å²) in [6.07, 6.45) is 4.68. The summed E-state index contributed by atoms with van der Waals surface area (Å²) in [7, 11) is 0. The third-order valence-electron chi connectivity index (χ3n) is 2.45. The summed E-state index contributed by atoms with van der Waals surface area (Å²) in [6.45, 7) is 0. The Balaban J connectivity index is 1.92. The van der Waals surface area contributed by atoms with Crippen molar-refractivity contribution in [3.8, 4) is 11.6 Å². The third-order valence-corrected chi connectivity index (χ3v) is 2.45. The minimum atomic E-state index is 0.363. The van der Waals surface area contributed by atoms with Crippen molar-refractivity contribution in [3.63, 3.8) is 0 Å². The number of nitrogens with zero attached hydrogens (tertiary/aromatic N) is 3. The Hall–Kier alpha value is -2.69. The molecule has 2 N–H and O–H groups in total. The molecule has 0 unspecified atom stereocenters. The summed E-state index contributed by atoms with van der Waals surface area (Å²) in [4.78, 5) is 12.2. The van der Waals surface area contributed by atoms with E-state index in [0.29, 0.717) is 17.4 Å². The van der Waals surface area contributed by atoms with Crippen molar-refractivity contribution in [2.45, 2.75) is 0 Å². The molecular weight excluding hydrogens is 228 g/mol. The second-order valence-corrected chi connectivity index (χ2v) is 3.74. The van der Waals surface area contributed by atoms with E-state index >= 15 is 0 Å². The monoisotopic (exact) mass is 238 g/mol. The van der Waals surface area contributed by atoms with Gasteiger partial charge in [0.05, 0.1) is 17.9 Å². The Morgan fingerprint density at radius 2 is 1.94 bits per heavy atom. The summed E-state index contributed by atoms with van der Waals surface area (Å²) >= 11 is 0. The van der Waals surface area contributed by atoms with E-state index < -0.39 is 0 Å². The van der Waals surface area contributed by atoms with Gasteiger partial charge in [-0.05, 0) is 18.2 Å². The van der Waals surface area contributed by atoms with Crippen molar-refractivity contribution >= 4 is 16.7 Å². The molecule has 18 heavy (non-hydrogen) atoms. The van der Waals surface area contributed by atoms with E-state index in [4.69, 9.17) is 10.5 Å². The number of nitrogens with two attached hydrogens (primary N) is 1. The maximum Gasteiger partial charge on any atom is 0.237 e. The molecule has 1 aromatic carbocycles. The number of aromatic nitrogens is 3. The number of anilines is 1. The molecule has 0 saturated carbocycles. The lowest BCUT2D eigenvalue weighted by Gasteiger charge is -2.05. The molecule has 3 rings (SSSR count). The van der Waals surface area contributed by atoms with Gasteiger partial charge in [-0.1, -0.05) is 6.07 Å². The predicted molar refractivity (Wildman–Crippen MR) is 68.3 cm³/mol. The molecule has 88 valence electrons. The molecule has 2 heterocycles. The van der Waals surface area contributed by atoms with Crippen LogP contribution in [0.3, 0.4) is 0 Å². The van der Waals surface area contributed by atoms with Crippen molar-refractivity contribution in [2.75, 3.05) is 5.73 Å². The van der Waals surface area contributed by atoms with Gasteiger partial charge in [0.2, 0.25) is 5.88 Å². The van der Waals surface area contributed by atoms with E-state index in [0.717, 1.165) is 10.9 Å². The van der Waals surface area contributed by atoms with Crippen LogP contribution < -0.4 is 10.5 Å². The molecule has 0 amide bonds. The van der Waals surface area contributed by atoms with Gasteiger partial charge < -0.3 is 10.5 Å². The molecule has 0 fully saturated rings. The lowest BCUT2D eigenvalue weighted by molar-refractivity contribution is 0.461. The minimum Gasteiger partial charge on any atom is -0.437 e. The van der Waals surface area contributed by atoms with Crippen molar-refractivity contribution < 1.29 is 4.74 Å². The molecule has 0 saturated heterocycles. The van der Waals surface area contributed by atoms with Gasteiger partial charge in [-0.15, -0.1) is 0 Å². The largest absolute Gasteiger partial charge is 0.437 e. The Morgan fingerprint density at radius 1 is 1.00 bits per heavy atom. The van der Waals surface area contributed by atoms with Crippen LogP contribution in [-0.4, -0.2) is 15.0 Å². The standard InChI is InChI=1S/C13H10N4O/c14-12-7-17-13(8-16-12)18-10-4-3-9-2-1-5-15-11(9)6-10/h1-8H,(H2,14,16). The fourth-order valence-corrected chi connectivity index (χ4v) is 1.61.